The Morgan fingerprint density at radius 1 is 1.18 bits per heavy atom. The van der Waals surface area contributed by atoms with E-state index < -0.39 is 0 Å². The molecule has 0 radical (unpaired) electrons. The monoisotopic (exact) mass is 498 g/mol. The molecule has 2 N–H and O–H groups in total. The third-order valence-corrected chi connectivity index (χ3v) is 4.48. The molecule has 0 amide bonds. The van der Waals surface area contributed by atoms with Gasteiger partial charge in [-0.15, -0.1) is 24.0 Å². The maximum atomic E-state index is 5.39. The molecule has 8 heteroatoms. The van der Waals surface area contributed by atoms with Crippen LogP contribution < -0.4 is 10.6 Å². The van der Waals surface area contributed by atoms with Crippen molar-refractivity contribution in [2.24, 2.45) is 4.99 Å². The molecular weight excluding hydrogens is 467 g/mol. The Balaban J connectivity index is 0.00000280. The number of hydrogen-bond donors (Lipinski definition) is 2. The molecule has 0 saturated carbocycles. The molecule has 1 saturated heterocycles. The molecule has 0 aliphatic carbocycles. The number of guanidine groups is 1. The molecule has 1 aliphatic heterocycles. The summed E-state index contributed by atoms with van der Waals surface area (Å²) in [5, 5.41) is 11.0. The van der Waals surface area contributed by atoms with Crippen LogP contribution in [0, 0.1) is 0 Å². The van der Waals surface area contributed by atoms with E-state index in [-0.39, 0.29) is 24.0 Å². The Kier molecular flexibility index (Phi) is 10.3. The quantitative estimate of drug-likeness (QED) is 0.331. The number of halogens is 1. The second-order valence-electron chi connectivity index (χ2n) is 6.60. The van der Waals surface area contributed by atoms with Gasteiger partial charge < -0.3 is 15.4 Å². The number of morpholine rings is 1. The summed E-state index contributed by atoms with van der Waals surface area (Å²) >= 11 is 0. The fraction of sp³-hybridized carbons (Fsp3) is 0.500. The minimum Gasteiger partial charge on any atom is -0.379 e. The van der Waals surface area contributed by atoms with Crippen LogP contribution in [0.25, 0.3) is 0 Å². The van der Waals surface area contributed by atoms with Crippen LogP contribution >= 0.6 is 24.0 Å². The number of aromatic nitrogens is 2. The van der Waals surface area contributed by atoms with Gasteiger partial charge in [0, 0.05) is 45.1 Å². The number of rotatable bonds is 8. The number of ether oxygens (including phenoxy) is 1. The van der Waals surface area contributed by atoms with E-state index in [1.165, 1.54) is 11.1 Å². The van der Waals surface area contributed by atoms with Gasteiger partial charge in [0.05, 0.1) is 26.3 Å². The molecule has 0 unspecified atom stereocenters. The maximum Gasteiger partial charge on any atom is 0.191 e. The fourth-order valence-electron chi connectivity index (χ4n) is 3.08. The summed E-state index contributed by atoms with van der Waals surface area (Å²) in [6, 6.07) is 10.5. The fourth-order valence-corrected chi connectivity index (χ4v) is 3.08. The number of benzene rings is 1. The minimum absolute atomic E-state index is 0. The van der Waals surface area contributed by atoms with E-state index in [4.69, 9.17) is 9.73 Å². The SMILES string of the molecule is CCNC(=NCc1cccc(Cn2cccn2)c1)NCCN1CCOCC1.I. The highest BCUT2D eigenvalue weighted by molar-refractivity contribution is 14.0. The summed E-state index contributed by atoms with van der Waals surface area (Å²) in [5.41, 5.74) is 2.43. The standard InChI is InChI=1S/C20H30N6O.HI/c1-2-21-20(22-8-10-25-11-13-27-14-12-25)23-16-18-5-3-6-19(15-18)17-26-9-4-7-24-26;/h3-7,9,15H,2,8,10-14,16-17H2,1H3,(H2,21,22,23);1H. The normalized spacial score (nSPS) is 15.1. The second kappa shape index (κ2) is 12.7. The van der Waals surface area contributed by atoms with Gasteiger partial charge >= 0.3 is 0 Å². The lowest BCUT2D eigenvalue weighted by Gasteiger charge is -2.26. The van der Waals surface area contributed by atoms with Gasteiger partial charge in [-0.3, -0.25) is 9.58 Å². The maximum absolute atomic E-state index is 5.39. The Hall–Kier alpha value is -1.65. The van der Waals surface area contributed by atoms with Crippen molar-refractivity contribution >= 4 is 29.9 Å². The first-order valence-corrected chi connectivity index (χ1v) is 9.71. The molecule has 1 fully saturated rings. The highest BCUT2D eigenvalue weighted by atomic mass is 127. The van der Waals surface area contributed by atoms with Crippen molar-refractivity contribution in [1.29, 1.82) is 0 Å². The lowest BCUT2D eigenvalue weighted by Crippen LogP contribution is -2.44. The van der Waals surface area contributed by atoms with E-state index in [1.54, 1.807) is 6.20 Å². The predicted octanol–water partition coefficient (Wildman–Crippen LogP) is 1.94. The average molecular weight is 498 g/mol. The molecule has 2 heterocycles. The molecule has 154 valence electrons. The smallest absolute Gasteiger partial charge is 0.191 e. The topological polar surface area (TPSA) is 66.7 Å². The van der Waals surface area contributed by atoms with E-state index >= 15 is 0 Å². The summed E-state index contributed by atoms with van der Waals surface area (Å²) in [7, 11) is 0. The van der Waals surface area contributed by atoms with E-state index in [2.05, 4.69) is 51.8 Å². The Labute approximate surface area is 184 Å². The van der Waals surface area contributed by atoms with Crippen molar-refractivity contribution in [1.82, 2.24) is 25.3 Å². The van der Waals surface area contributed by atoms with Gasteiger partial charge in [-0.05, 0) is 24.1 Å². The van der Waals surface area contributed by atoms with Crippen LogP contribution in [0.3, 0.4) is 0 Å². The van der Waals surface area contributed by atoms with Crippen LogP contribution in [0.15, 0.2) is 47.7 Å². The number of aliphatic imine (C=N–C) groups is 1. The molecule has 0 atom stereocenters. The second-order valence-corrected chi connectivity index (χ2v) is 6.60. The van der Waals surface area contributed by atoms with Crippen LogP contribution in [-0.2, 0) is 17.8 Å². The van der Waals surface area contributed by atoms with E-state index in [0.29, 0.717) is 6.54 Å². The molecule has 2 aromatic rings. The number of hydrogen-bond acceptors (Lipinski definition) is 4. The summed E-state index contributed by atoms with van der Waals surface area (Å²) in [5.74, 6) is 0.864. The third kappa shape index (κ3) is 7.76. The predicted molar refractivity (Wildman–Crippen MR) is 123 cm³/mol. The zero-order chi connectivity index (χ0) is 18.7. The first-order valence-electron chi connectivity index (χ1n) is 9.71. The molecule has 28 heavy (non-hydrogen) atoms. The lowest BCUT2D eigenvalue weighted by molar-refractivity contribution is 0.0389. The van der Waals surface area contributed by atoms with Crippen molar-refractivity contribution in [2.45, 2.75) is 20.0 Å². The van der Waals surface area contributed by atoms with Crippen LogP contribution in [-0.4, -0.2) is 66.6 Å². The van der Waals surface area contributed by atoms with Gasteiger partial charge in [-0.2, -0.15) is 5.10 Å². The molecule has 1 aliphatic rings. The lowest BCUT2D eigenvalue weighted by atomic mass is 10.1. The number of nitrogens with zero attached hydrogens (tertiary/aromatic N) is 4. The van der Waals surface area contributed by atoms with E-state index in [9.17, 15) is 0 Å². The number of nitrogens with one attached hydrogen (secondary N) is 2. The zero-order valence-corrected chi connectivity index (χ0v) is 18.8. The summed E-state index contributed by atoms with van der Waals surface area (Å²) in [6.45, 7) is 9.95. The van der Waals surface area contributed by atoms with Gasteiger partial charge in [0.2, 0.25) is 0 Å². The molecule has 7 nitrogen and oxygen atoms in total. The zero-order valence-electron chi connectivity index (χ0n) is 16.5. The average Bonchev–Trinajstić information content (AvgIpc) is 3.20. The first-order chi connectivity index (χ1) is 13.3. The summed E-state index contributed by atoms with van der Waals surface area (Å²) in [6.07, 6.45) is 3.78. The highest BCUT2D eigenvalue weighted by Crippen LogP contribution is 2.08. The van der Waals surface area contributed by atoms with Gasteiger partial charge in [0.15, 0.2) is 5.96 Å². The Bertz CT molecular complexity index is 700. The van der Waals surface area contributed by atoms with Crippen molar-refractivity contribution in [3.05, 3.63) is 53.9 Å². The molecule has 0 spiro atoms. The van der Waals surface area contributed by atoms with Gasteiger partial charge in [0.1, 0.15) is 0 Å². The molecule has 1 aromatic heterocycles. The van der Waals surface area contributed by atoms with E-state index in [1.807, 2.05) is 16.9 Å². The third-order valence-electron chi connectivity index (χ3n) is 4.48. The van der Waals surface area contributed by atoms with Gasteiger partial charge in [-0.25, -0.2) is 4.99 Å². The Morgan fingerprint density at radius 3 is 2.75 bits per heavy atom. The van der Waals surface area contributed by atoms with Crippen LogP contribution in [0.4, 0.5) is 0 Å². The summed E-state index contributed by atoms with van der Waals surface area (Å²) in [4.78, 5) is 7.15. The molecular formula is C20H31IN6O. The van der Waals surface area contributed by atoms with Gasteiger partial charge in [-0.1, -0.05) is 24.3 Å². The van der Waals surface area contributed by atoms with Crippen LogP contribution in [0.1, 0.15) is 18.1 Å². The largest absolute Gasteiger partial charge is 0.379 e. The molecule has 0 bridgehead atoms. The summed E-state index contributed by atoms with van der Waals surface area (Å²) < 4.78 is 7.32. The van der Waals surface area contributed by atoms with Crippen molar-refractivity contribution in [3.8, 4) is 0 Å². The highest BCUT2D eigenvalue weighted by Gasteiger charge is 2.09. The van der Waals surface area contributed by atoms with Crippen LogP contribution in [0.2, 0.25) is 0 Å². The molecule has 3 rings (SSSR count). The van der Waals surface area contributed by atoms with Crippen molar-refractivity contribution in [3.63, 3.8) is 0 Å². The van der Waals surface area contributed by atoms with E-state index in [0.717, 1.165) is 58.4 Å². The van der Waals surface area contributed by atoms with Crippen LogP contribution in [0.5, 0.6) is 0 Å². The first kappa shape index (κ1) is 22.6. The minimum atomic E-state index is 0. The Morgan fingerprint density at radius 2 is 2.00 bits per heavy atom. The van der Waals surface area contributed by atoms with Crippen molar-refractivity contribution < 1.29 is 4.74 Å². The molecule has 1 aromatic carbocycles. The van der Waals surface area contributed by atoms with Crippen molar-refractivity contribution in [2.75, 3.05) is 45.9 Å². The van der Waals surface area contributed by atoms with Gasteiger partial charge in [0.25, 0.3) is 0 Å².